The van der Waals surface area contributed by atoms with Crippen molar-refractivity contribution in [3.63, 3.8) is 0 Å². The van der Waals surface area contributed by atoms with E-state index in [1.54, 1.807) is 6.07 Å². The monoisotopic (exact) mass is 367 g/mol. The van der Waals surface area contributed by atoms with Gasteiger partial charge in [-0.3, -0.25) is 9.59 Å². The fourth-order valence-corrected chi connectivity index (χ4v) is 2.25. The molecule has 1 aromatic rings. The molecule has 1 aliphatic carbocycles. The van der Waals surface area contributed by atoms with Crippen LogP contribution in [0.5, 0.6) is 0 Å². The third-order valence-corrected chi connectivity index (χ3v) is 3.40. The summed E-state index contributed by atoms with van der Waals surface area (Å²) < 4.78 is 0. The van der Waals surface area contributed by atoms with Crippen molar-refractivity contribution in [1.82, 2.24) is 5.32 Å². The molecule has 0 aromatic heterocycles. The second-order valence-electron chi connectivity index (χ2n) is 4.48. The molecule has 0 bridgehead atoms. The number of hydrogen-bond donors (Lipinski definition) is 1. The van der Waals surface area contributed by atoms with Gasteiger partial charge in [-0.05, 0) is 0 Å². The van der Waals surface area contributed by atoms with E-state index in [-0.39, 0.29) is 70.2 Å². The molecular formula is C14H8ClNNa2O6. The first-order chi connectivity index (χ1) is 10.3. The summed E-state index contributed by atoms with van der Waals surface area (Å²) in [7, 11) is 0. The number of carbonyl (C=O) groups excluding carboxylic acids is 4. The van der Waals surface area contributed by atoms with Crippen molar-refractivity contribution in [3.8, 4) is 0 Å². The smallest absolute Gasteiger partial charge is 0.550 e. The number of Topliss-reactive ketones (excluding diaryl/α,β-unsaturated/α-hetero) is 2. The van der Waals surface area contributed by atoms with Crippen LogP contribution in [0.4, 0.5) is 0 Å². The quantitative estimate of drug-likeness (QED) is 0.512. The second-order valence-corrected chi connectivity index (χ2v) is 4.86. The topological polar surface area (TPSA) is 126 Å². The molecule has 0 saturated carbocycles. The number of rotatable bonds is 5. The average molecular weight is 368 g/mol. The molecule has 0 fully saturated rings. The molecule has 0 heterocycles. The molecule has 1 aliphatic rings. The number of carbonyl (C=O) groups is 4. The maximum absolute atomic E-state index is 12.3. The van der Waals surface area contributed by atoms with Crippen molar-refractivity contribution in [2.75, 3.05) is 0 Å². The summed E-state index contributed by atoms with van der Waals surface area (Å²) in [4.78, 5) is 45.8. The van der Waals surface area contributed by atoms with E-state index in [0.717, 1.165) is 0 Å². The van der Waals surface area contributed by atoms with Crippen LogP contribution in [0.15, 0.2) is 35.0 Å². The number of nitrogens with one attached hydrogen (secondary N) is 1. The van der Waals surface area contributed by atoms with Crippen LogP contribution in [0.25, 0.3) is 0 Å². The van der Waals surface area contributed by atoms with Crippen LogP contribution in [0, 0.1) is 0 Å². The summed E-state index contributed by atoms with van der Waals surface area (Å²) in [5, 5.41) is 23.1. The molecule has 10 heteroatoms. The van der Waals surface area contributed by atoms with E-state index in [0.29, 0.717) is 0 Å². The van der Waals surface area contributed by atoms with Crippen molar-refractivity contribution in [3.05, 3.63) is 46.1 Å². The molecule has 24 heavy (non-hydrogen) atoms. The standard InChI is InChI=1S/C14H10ClNO6.2Na/c15-10-11(16-8(14(21)22)5-9(17)18)13(20)7-4-2-1-3-6(7)12(10)19;;/h1-4,8,16H,5H2,(H,17,18)(H,21,22);;/q;2*+1/p-2. The first-order valence-electron chi connectivity index (χ1n) is 6.08. The van der Waals surface area contributed by atoms with Gasteiger partial charge in [0, 0.05) is 23.5 Å². The Morgan fingerprint density at radius 1 is 1.04 bits per heavy atom. The first kappa shape index (κ1) is 23.3. The number of halogens is 1. The van der Waals surface area contributed by atoms with Crippen molar-refractivity contribution >= 4 is 35.1 Å². The summed E-state index contributed by atoms with van der Waals surface area (Å²) in [6.45, 7) is 0. The van der Waals surface area contributed by atoms with Gasteiger partial charge >= 0.3 is 59.1 Å². The molecule has 0 amide bonds. The van der Waals surface area contributed by atoms with Gasteiger partial charge in [0.05, 0.1) is 12.0 Å². The molecule has 1 atom stereocenters. The number of benzene rings is 1. The molecule has 1 unspecified atom stereocenters. The third-order valence-electron chi connectivity index (χ3n) is 3.04. The SMILES string of the molecule is O=C([O-])CC(NC1=C(Cl)C(=O)c2ccccc2C1=O)C(=O)[O-].[Na+].[Na+]. The Balaban J connectivity index is 0.00000264. The molecule has 114 valence electrons. The second kappa shape index (κ2) is 9.72. The zero-order chi connectivity index (χ0) is 16.4. The van der Waals surface area contributed by atoms with Crippen LogP contribution in [0.3, 0.4) is 0 Å². The summed E-state index contributed by atoms with van der Waals surface area (Å²) in [5.41, 5.74) is -0.335. The molecule has 0 spiro atoms. The van der Waals surface area contributed by atoms with Gasteiger partial charge in [0.2, 0.25) is 11.6 Å². The first-order valence-corrected chi connectivity index (χ1v) is 6.46. The molecule has 0 saturated heterocycles. The van der Waals surface area contributed by atoms with Gasteiger partial charge in [0.1, 0.15) is 10.7 Å². The van der Waals surface area contributed by atoms with Gasteiger partial charge in [-0.25, -0.2) is 0 Å². The fraction of sp³-hybridized carbons (Fsp3) is 0.143. The van der Waals surface area contributed by atoms with E-state index in [9.17, 15) is 29.4 Å². The Morgan fingerprint density at radius 3 is 2.00 bits per heavy atom. The van der Waals surface area contributed by atoms with Gasteiger partial charge in [-0.2, -0.15) is 0 Å². The molecule has 1 N–H and O–H groups in total. The maximum atomic E-state index is 12.3. The number of carboxylic acids is 2. The normalized spacial score (nSPS) is 14.0. The molecular weight excluding hydrogens is 360 g/mol. The Labute approximate surface area is 186 Å². The number of carboxylic acid groups (broad SMARTS) is 2. The fourth-order valence-electron chi connectivity index (χ4n) is 2.01. The Morgan fingerprint density at radius 2 is 1.54 bits per heavy atom. The molecule has 0 radical (unpaired) electrons. The maximum Gasteiger partial charge on any atom is 1.00 e. The summed E-state index contributed by atoms with van der Waals surface area (Å²) in [5.74, 6) is -4.79. The van der Waals surface area contributed by atoms with Gasteiger partial charge in [-0.1, -0.05) is 35.9 Å². The van der Waals surface area contributed by atoms with Crippen LogP contribution in [0.2, 0.25) is 0 Å². The zero-order valence-electron chi connectivity index (χ0n) is 12.9. The van der Waals surface area contributed by atoms with E-state index in [2.05, 4.69) is 5.32 Å². The summed E-state index contributed by atoms with van der Waals surface area (Å²) in [6.07, 6.45) is -0.945. The third kappa shape index (κ3) is 4.92. The van der Waals surface area contributed by atoms with E-state index < -0.39 is 46.7 Å². The summed E-state index contributed by atoms with van der Waals surface area (Å²) in [6, 6.07) is 4.11. The largest absolute Gasteiger partial charge is 1.00 e. The number of ketones is 2. The minimum Gasteiger partial charge on any atom is -0.550 e. The van der Waals surface area contributed by atoms with Crippen molar-refractivity contribution in [2.45, 2.75) is 12.5 Å². The number of hydrogen-bond acceptors (Lipinski definition) is 7. The van der Waals surface area contributed by atoms with E-state index >= 15 is 0 Å². The Kier molecular flexibility index (Phi) is 9.45. The molecule has 0 aliphatic heterocycles. The Bertz CT molecular complexity index is 734. The predicted octanol–water partition coefficient (Wildman–Crippen LogP) is -7.63. The summed E-state index contributed by atoms with van der Waals surface area (Å²) >= 11 is 5.81. The van der Waals surface area contributed by atoms with Crippen molar-refractivity contribution in [1.29, 1.82) is 0 Å². The van der Waals surface area contributed by atoms with E-state index in [1.165, 1.54) is 18.2 Å². The number of fused-ring (bicyclic) bond motifs is 1. The van der Waals surface area contributed by atoms with Gasteiger partial charge in [0.25, 0.3) is 0 Å². The van der Waals surface area contributed by atoms with E-state index in [4.69, 9.17) is 11.6 Å². The predicted molar refractivity (Wildman–Crippen MR) is 69.5 cm³/mol. The Hall–Kier alpha value is -0.670. The molecule has 2 rings (SSSR count). The van der Waals surface area contributed by atoms with Gasteiger partial charge in [-0.15, -0.1) is 0 Å². The van der Waals surface area contributed by atoms with Crippen LogP contribution >= 0.6 is 11.6 Å². The van der Waals surface area contributed by atoms with Crippen LogP contribution < -0.4 is 74.6 Å². The van der Waals surface area contributed by atoms with Gasteiger partial charge in [0.15, 0.2) is 0 Å². The molecule has 7 nitrogen and oxygen atoms in total. The molecule has 1 aromatic carbocycles. The van der Waals surface area contributed by atoms with Crippen molar-refractivity contribution in [2.24, 2.45) is 0 Å². The van der Waals surface area contributed by atoms with Crippen molar-refractivity contribution < 1.29 is 88.5 Å². The number of allylic oxidation sites excluding steroid dienone is 2. The van der Waals surface area contributed by atoms with Crippen LogP contribution in [-0.2, 0) is 9.59 Å². The zero-order valence-corrected chi connectivity index (χ0v) is 17.7. The van der Waals surface area contributed by atoms with Crippen LogP contribution in [0.1, 0.15) is 27.1 Å². The minimum atomic E-state index is -1.76. The average Bonchev–Trinajstić information content (AvgIpc) is 2.47. The van der Waals surface area contributed by atoms with E-state index in [1.807, 2.05) is 0 Å². The van der Waals surface area contributed by atoms with Gasteiger partial charge < -0.3 is 25.1 Å². The number of aliphatic carboxylic acids is 2. The van der Waals surface area contributed by atoms with Crippen LogP contribution in [-0.4, -0.2) is 29.5 Å². The minimum absolute atomic E-state index is 0.